The van der Waals surface area contributed by atoms with Crippen LogP contribution in [-0.4, -0.2) is 53.2 Å². The van der Waals surface area contributed by atoms with Gasteiger partial charge in [-0.2, -0.15) is 13.2 Å². The SMILES string of the molecule is C[C@@H](O)[C@@H](C(=O)NCC1=CCC(C(F)(F)F)C=C1)N1CC2(CCCCC2)CC1=O. The zero-order valence-corrected chi connectivity index (χ0v) is 16.7. The third-order valence-electron chi connectivity index (χ3n) is 6.39. The molecule has 1 saturated heterocycles. The fourth-order valence-corrected chi connectivity index (χ4v) is 4.77. The first-order valence-corrected chi connectivity index (χ1v) is 10.3. The second-order valence-electron chi connectivity index (χ2n) is 8.68. The van der Waals surface area contributed by atoms with Gasteiger partial charge in [-0.05, 0) is 37.2 Å². The summed E-state index contributed by atoms with van der Waals surface area (Å²) >= 11 is 0. The van der Waals surface area contributed by atoms with Gasteiger partial charge in [-0.1, -0.05) is 37.5 Å². The number of amides is 2. The van der Waals surface area contributed by atoms with Crippen LogP contribution in [0.25, 0.3) is 0 Å². The summed E-state index contributed by atoms with van der Waals surface area (Å²) in [7, 11) is 0. The minimum absolute atomic E-state index is 0.0658. The number of aliphatic hydroxyl groups is 1. The normalized spacial score (nSPS) is 26.4. The zero-order valence-electron chi connectivity index (χ0n) is 16.7. The van der Waals surface area contributed by atoms with Gasteiger partial charge in [0, 0.05) is 19.5 Å². The molecule has 2 aliphatic carbocycles. The number of rotatable bonds is 5. The molecule has 1 saturated carbocycles. The van der Waals surface area contributed by atoms with Gasteiger partial charge in [0.2, 0.25) is 11.8 Å². The Bertz CT molecular complexity index is 694. The number of hydrogen-bond donors (Lipinski definition) is 2. The molecule has 2 fully saturated rings. The summed E-state index contributed by atoms with van der Waals surface area (Å²) in [6.07, 6.45) is 4.12. The predicted molar refractivity (Wildman–Crippen MR) is 102 cm³/mol. The second kappa shape index (κ2) is 8.50. The van der Waals surface area contributed by atoms with Gasteiger partial charge in [-0.15, -0.1) is 0 Å². The summed E-state index contributed by atoms with van der Waals surface area (Å²) in [6.45, 7) is 2.03. The molecular formula is C21H29F3N2O3. The maximum atomic E-state index is 12.8. The first kappa shape index (κ1) is 21.9. The number of nitrogens with zero attached hydrogens (tertiary/aromatic N) is 1. The van der Waals surface area contributed by atoms with Gasteiger partial charge in [0.1, 0.15) is 6.04 Å². The van der Waals surface area contributed by atoms with Crippen molar-refractivity contribution >= 4 is 11.8 Å². The highest BCUT2D eigenvalue weighted by atomic mass is 19.4. The van der Waals surface area contributed by atoms with Crippen LogP contribution >= 0.6 is 0 Å². The summed E-state index contributed by atoms with van der Waals surface area (Å²) < 4.78 is 38.2. The van der Waals surface area contributed by atoms with E-state index in [1.807, 2.05) is 0 Å². The van der Waals surface area contributed by atoms with Crippen molar-refractivity contribution in [3.63, 3.8) is 0 Å². The van der Waals surface area contributed by atoms with Crippen LogP contribution in [-0.2, 0) is 9.59 Å². The fraction of sp³-hybridized carbons (Fsp3) is 0.714. The summed E-state index contributed by atoms with van der Waals surface area (Å²) in [5.41, 5.74) is 0.490. The number of aliphatic hydroxyl groups excluding tert-OH is 1. The number of hydrogen-bond acceptors (Lipinski definition) is 3. The molecule has 3 aliphatic rings. The summed E-state index contributed by atoms with van der Waals surface area (Å²) in [5, 5.41) is 12.9. The molecule has 2 amide bonds. The Morgan fingerprint density at radius 1 is 1.34 bits per heavy atom. The lowest BCUT2D eigenvalue weighted by Crippen LogP contribution is -2.53. The Hall–Kier alpha value is -1.83. The number of halogens is 3. The standard InChI is InChI=1S/C21H29F3N2O3/c1-14(27)18(26-13-20(11-17(26)28)9-3-2-4-10-20)19(29)25-12-15-5-7-16(8-6-15)21(22,23)24/h5-7,14,16,18,27H,2-4,8-13H2,1H3,(H,25,29)/t14-,16?,18+/m1/s1. The van der Waals surface area contributed by atoms with Gasteiger partial charge in [0.25, 0.3) is 0 Å². The van der Waals surface area contributed by atoms with Crippen molar-refractivity contribution in [2.45, 2.75) is 70.2 Å². The predicted octanol–water partition coefficient (Wildman–Crippen LogP) is 3.10. The molecule has 3 rings (SSSR count). The van der Waals surface area contributed by atoms with E-state index in [0.29, 0.717) is 18.5 Å². The van der Waals surface area contributed by atoms with E-state index in [2.05, 4.69) is 5.32 Å². The van der Waals surface area contributed by atoms with Crippen molar-refractivity contribution < 1.29 is 27.9 Å². The van der Waals surface area contributed by atoms with E-state index in [1.165, 1.54) is 24.0 Å². The van der Waals surface area contributed by atoms with Crippen molar-refractivity contribution in [1.82, 2.24) is 10.2 Å². The molecule has 0 bridgehead atoms. The fourth-order valence-electron chi connectivity index (χ4n) is 4.77. The molecule has 1 heterocycles. The van der Waals surface area contributed by atoms with Crippen molar-refractivity contribution in [2.24, 2.45) is 11.3 Å². The lowest BCUT2D eigenvalue weighted by atomic mass is 9.73. The zero-order chi connectivity index (χ0) is 21.2. The smallest absolute Gasteiger partial charge is 0.391 e. The molecule has 8 heteroatoms. The Labute approximate surface area is 169 Å². The second-order valence-corrected chi connectivity index (χ2v) is 8.68. The first-order valence-electron chi connectivity index (χ1n) is 10.3. The monoisotopic (exact) mass is 414 g/mol. The van der Waals surface area contributed by atoms with Crippen LogP contribution in [0, 0.1) is 11.3 Å². The van der Waals surface area contributed by atoms with E-state index in [1.54, 1.807) is 0 Å². The highest BCUT2D eigenvalue weighted by molar-refractivity contribution is 5.89. The van der Waals surface area contributed by atoms with Gasteiger partial charge in [-0.25, -0.2) is 0 Å². The lowest BCUT2D eigenvalue weighted by Gasteiger charge is -2.35. The molecule has 1 spiro atoms. The summed E-state index contributed by atoms with van der Waals surface area (Å²) in [5.74, 6) is -2.09. The van der Waals surface area contributed by atoms with E-state index in [9.17, 15) is 27.9 Å². The number of alkyl halides is 3. The minimum Gasteiger partial charge on any atom is -0.391 e. The summed E-state index contributed by atoms with van der Waals surface area (Å²) in [4.78, 5) is 26.9. The largest absolute Gasteiger partial charge is 0.395 e. The molecule has 5 nitrogen and oxygen atoms in total. The van der Waals surface area contributed by atoms with E-state index in [0.717, 1.165) is 38.2 Å². The van der Waals surface area contributed by atoms with Gasteiger partial charge < -0.3 is 15.3 Å². The molecule has 3 atom stereocenters. The van der Waals surface area contributed by atoms with Crippen LogP contribution < -0.4 is 5.32 Å². The molecule has 0 aromatic rings. The molecule has 0 aromatic carbocycles. The van der Waals surface area contributed by atoms with Crippen molar-refractivity contribution in [3.05, 3.63) is 23.8 Å². The van der Waals surface area contributed by atoms with E-state index in [-0.39, 0.29) is 24.3 Å². The quantitative estimate of drug-likeness (QED) is 0.726. The van der Waals surface area contributed by atoms with E-state index < -0.39 is 30.1 Å². The van der Waals surface area contributed by atoms with Gasteiger partial charge in [0.05, 0.1) is 12.0 Å². The number of allylic oxidation sites excluding steroid dienone is 2. The molecule has 162 valence electrons. The molecule has 2 N–H and O–H groups in total. The van der Waals surface area contributed by atoms with Crippen LogP contribution in [0.15, 0.2) is 23.8 Å². The highest BCUT2D eigenvalue weighted by Gasteiger charge is 2.48. The Kier molecular flexibility index (Phi) is 6.41. The molecular weight excluding hydrogens is 385 g/mol. The minimum atomic E-state index is -4.27. The third-order valence-corrected chi connectivity index (χ3v) is 6.39. The van der Waals surface area contributed by atoms with Crippen LogP contribution in [0.3, 0.4) is 0 Å². The maximum Gasteiger partial charge on any atom is 0.395 e. The number of carbonyl (C=O) groups excluding carboxylic acids is 2. The van der Waals surface area contributed by atoms with E-state index >= 15 is 0 Å². The average molecular weight is 414 g/mol. The van der Waals surface area contributed by atoms with Gasteiger partial charge in [-0.3, -0.25) is 9.59 Å². The molecule has 29 heavy (non-hydrogen) atoms. The molecule has 1 aliphatic heterocycles. The molecule has 1 unspecified atom stereocenters. The molecule has 0 aromatic heterocycles. The summed E-state index contributed by atoms with van der Waals surface area (Å²) in [6, 6.07) is -0.986. The van der Waals surface area contributed by atoms with Crippen molar-refractivity contribution in [2.75, 3.05) is 13.1 Å². The van der Waals surface area contributed by atoms with Gasteiger partial charge >= 0.3 is 6.18 Å². The van der Waals surface area contributed by atoms with Crippen LogP contribution in [0.4, 0.5) is 13.2 Å². The van der Waals surface area contributed by atoms with Crippen LogP contribution in [0.1, 0.15) is 51.9 Å². The maximum absolute atomic E-state index is 12.8. The topological polar surface area (TPSA) is 69.6 Å². The Morgan fingerprint density at radius 2 is 2.03 bits per heavy atom. The number of carbonyl (C=O) groups is 2. The van der Waals surface area contributed by atoms with Crippen LogP contribution in [0.2, 0.25) is 0 Å². The third kappa shape index (κ3) is 5.02. The highest BCUT2D eigenvalue weighted by Crippen LogP contribution is 2.45. The Morgan fingerprint density at radius 3 is 2.59 bits per heavy atom. The molecule has 0 radical (unpaired) electrons. The van der Waals surface area contributed by atoms with Crippen LogP contribution in [0.5, 0.6) is 0 Å². The first-order chi connectivity index (χ1) is 13.6. The lowest BCUT2D eigenvalue weighted by molar-refractivity contribution is -0.160. The van der Waals surface area contributed by atoms with Crippen molar-refractivity contribution in [1.29, 1.82) is 0 Å². The average Bonchev–Trinajstić information content (AvgIpc) is 2.95. The van der Waals surface area contributed by atoms with Crippen molar-refractivity contribution in [3.8, 4) is 0 Å². The number of likely N-dealkylation sites (tertiary alicyclic amines) is 1. The Balaban J connectivity index is 1.60. The van der Waals surface area contributed by atoms with Gasteiger partial charge in [0.15, 0.2) is 0 Å². The number of nitrogens with one attached hydrogen (secondary N) is 1. The van der Waals surface area contributed by atoms with E-state index in [4.69, 9.17) is 0 Å².